The first kappa shape index (κ1) is 22.5. The van der Waals surface area contributed by atoms with Crippen LogP contribution in [0.5, 0.6) is 5.75 Å². The van der Waals surface area contributed by atoms with E-state index >= 15 is 0 Å². The molecule has 0 bridgehead atoms. The number of carbonyl (C=O) groups excluding carboxylic acids is 1. The number of hydrogen-bond acceptors (Lipinski definition) is 7. The van der Waals surface area contributed by atoms with Gasteiger partial charge in [0.15, 0.2) is 16.7 Å². The quantitative estimate of drug-likeness (QED) is 0.530. The van der Waals surface area contributed by atoms with E-state index in [-0.39, 0.29) is 17.6 Å². The van der Waals surface area contributed by atoms with Gasteiger partial charge >= 0.3 is 0 Å². The Balaban J connectivity index is 1.43. The Labute approximate surface area is 193 Å². The Bertz CT molecular complexity index is 1150. The van der Waals surface area contributed by atoms with E-state index in [1.165, 1.54) is 24.5 Å². The molecule has 0 saturated carbocycles. The van der Waals surface area contributed by atoms with E-state index in [1.807, 2.05) is 19.1 Å². The van der Waals surface area contributed by atoms with Crippen LogP contribution >= 0.6 is 23.3 Å². The summed E-state index contributed by atoms with van der Waals surface area (Å²) >= 11 is 2.54. The number of aromatic nitrogens is 1. The smallest absolute Gasteiger partial charge is 0.235 e. The number of anilines is 2. The van der Waals surface area contributed by atoms with Gasteiger partial charge in [0.25, 0.3) is 0 Å². The third kappa shape index (κ3) is 4.17. The standard InChI is InChI=1S/C22H22F2N4O2S2/c1-12-21(32-25)31-22(26-12)27(2)20(29)14-10-28(11-14)16-6-4-13(5-7-16)17-8-15(23)9-18(24)19(17)30-3/h4-9,14H,10-11,25H2,1-3H3. The molecule has 0 radical (unpaired) electrons. The highest BCUT2D eigenvalue weighted by atomic mass is 32.2. The number of carbonyl (C=O) groups is 1. The van der Waals surface area contributed by atoms with Gasteiger partial charge in [-0.05, 0) is 42.6 Å². The number of nitrogens with zero attached hydrogens (tertiary/aromatic N) is 3. The van der Waals surface area contributed by atoms with Crippen LogP contribution < -0.4 is 19.7 Å². The Morgan fingerprint density at radius 2 is 1.97 bits per heavy atom. The third-order valence-electron chi connectivity index (χ3n) is 5.45. The van der Waals surface area contributed by atoms with Gasteiger partial charge in [-0.1, -0.05) is 23.5 Å². The van der Waals surface area contributed by atoms with Gasteiger partial charge in [0, 0.05) is 37.5 Å². The van der Waals surface area contributed by atoms with Crippen molar-refractivity contribution in [3.05, 3.63) is 53.7 Å². The van der Waals surface area contributed by atoms with Crippen molar-refractivity contribution in [2.45, 2.75) is 11.1 Å². The summed E-state index contributed by atoms with van der Waals surface area (Å²) in [5.41, 5.74) is 2.75. The van der Waals surface area contributed by atoms with Crippen molar-refractivity contribution in [3.8, 4) is 16.9 Å². The molecule has 2 N–H and O–H groups in total. The Kier molecular flexibility index (Phi) is 6.36. The third-order valence-corrected chi connectivity index (χ3v) is 7.53. The number of ether oxygens (including phenoxy) is 1. The molecule has 4 rings (SSSR count). The monoisotopic (exact) mass is 476 g/mol. The number of benzene rings is 2. The van der Waals surface area contributed by atoms with E-state index in [2.05, 4.69) is 9.88 Å². The Morgan fingerprint density at radius 3 is 2.56 bits per heavy atom. The normalized spacial score (nSPS) is 13.8. The summed E-state index contributed by atoms with van der Waals surface area (Å²) in [5, 5.41) is 6.27. The van der Waals surface area contributed by atoms with Crippen molar-refractivity contribution >= 4 is 40.0 Å². The summed E-state index contributed by atoms with van der Waals surface area (Å²) in [4.78, 5) is 20.9. The van der Waals surface area contributed by atoms with Gasteiger partial charge in [-0.15, -0.1) is 0 Å². The lowest BCUT2D eigenvalue weighted by Crippen LogP contribution is -2.54. The molecule has 1 amide bonds. The van der Waals surface area contributed by atoms with Gasteiger partial charge in [-0.3, -0.25) is 14.8 Å². The average Bonchev–Trinajstić information content (AvgIpc) is 3.12. The van der Waals surface area contributed by atoms with Crippen LogP contribution in [0.15, 0.2) is 40.6 Å². The van der Waals surface area contributed by atoms with Gasteiger partial charge in [0.05, 0.1) is 22.9 Å². The van der Waals surface area contributed by atoms with Crippen molar-refractivity contribution in [2.24, 2.45) is 11.1 Å². The van der Waals surface area contributed by atoms with E-state index in [0.29, 0.717) is 29.3 Å². The lowest BCUT2D eigenvalue weighted by molar-refractivity contribution is -0.122. The maximum absolute atomic E-state index is 14.0. The predicted molar refractivity (Wildman–Crippen MR) is 124 cm³/mol. The van der Waals surface area contributed by atoms with Crippen LogP contribution in [0.2, 0.25) is 0 Å². The van der Waals surface area contributed by atoms with Crippen LogP contribution in [0.4, 0.5) is 19.6 Å². The van der Waals surface area contributed by atoms with Gasteiger partial charge in [0.1, 0.15) is 5.82 Å². The molecule has 2 aromatic carbocycles. The van der Waals surface area contributed by atoms with Gasteiger partial charge in [0.2, 0.25) is 5.91 Å². The summed E-state index contributed by atoms with van der Waals surface area (Å²) in [6.07, 6.45) is 0. The fourth-order valence-corrected chi connectivity index (χ4v) is 5.07. The zero-order valence-corrected chi connectivity index (χ0v) is 19.4. The predicted octanol–water partition coefficient (Wildman–Crippen LogP) is 4.47. The summed E-state index contributed by atoms with van der Waals surface area (Å²) in [7, 11) is 3.08. The van der Waals surface area contributed by atoms with Crippen LogP contribution in [0, 0.1) is 24.5 Å². The topological polar surface area (TPSA) is 71.7 Å². The van der Waals surface area contributed by atoms with Crippen molar-refractivity contribution in [3.63, 3.8) is 0 Å². The van der Waals surface area contributed by atoms with Crippen LogP contribution in [-0.4, -0.2) is 38.1 Å². The lowest BCUT2D eigenvalue weighted by Gasteiger charge is -2.41. The van der Waals surface area contributed by atoms with Crippen LogP contribution in [0.25, 0.3) is 11.1 Å². The molecule has 3 aromatic rings. The highest BCUT2D eigenvalue weighted by Gasteiger charge is 2.35. The minimum atomic E-state index is -0.743. The molecule has 1 fully saturated rings. The molecule has 0 atom stereocenters. The van der Waals surface area contributed by atoms with Crippen molar-refractivity contribution in [2.75, 3.05) is 37.0 Å². The van der Waals surface area contributed by atoms with Crippen molar-refractivity contribution in [1.82, 2.24) is 4.98 Å². The lowest BCUT2D eigenvalue weighted by atomic mass is 9.97. The molecule has 32 heavy (non-hydrogen) atoms. The molecular formula is C22H22F2N4O2S2. The summed E-state index contributed by atoms with van der Waals surface area (Å²) in [6, 6.07) is 9.37. The molecular weight excluding hydrogens is 454 g/mol. The highest BCUT2D eigenvalue weighted by molar-refractivity contribution is 7.99. The van der Waals surface area contributed by atoms with Gasteiger partial charge in [-0.2, -0.15) is 0 Å². The summed E-state index contributed by atoms with van der Waals surface area (Å²) < 4.78 is 33.7. The number of rotatable bonds is 6. The molecule has 0 unspecified atom stereocenters. The zero-order valence-electron chi connectivity index (χ0n) is 17.8. The SMILES string of the molecule is COc1c(F)cc(F)cc1-c1ccc(N2CC(C(=O)N(C)c3nc(C)c(SN)s3)C2)cc1. The first-order valence-electron chi connectivity index (χ1n) is 9.82. The van der Waals surface area contributed by atoms with E-state index < -0.39 is 11.6 Å². The first-order chi connectivity index (χ1) is 15.3. The van der Waals surface area contributed by atoms with E-state index in [4.69, 9.17) is 9.88 Å². The van der Waals surface area contributed by atoms with E-state index in [9.17, 15) is 13.6 Å². The summed E-state index contributed by atoms with van der Waals surface area (Å²) in [6.45, 7) is 3.04. The summed E-state index contributed by atoms with van der Waals surface area (Å²) in [5.74, 6) is -1.52. The maximum atomic E-state index is 14.0. The molecule has 0 aliphatic carbocycles. The van der Waals surface area contributed by atoms with Crippen LogP contribution in [-0.2, 0) is 4.79 Å². The van der Waals surface area contributed by atoms with Gasteiger partial charge < -0.3 is 9.64 Å². The zero-order chi connectivity index (χ0) is 23.0. The molecule has 6 nitrogen and oxygen atoms in total. The molecule has 0 spiro atoms. The molecule has 2 heterocycles. The Morgan fingerprint density at radius 1 is 1.28 bits per heavy atom. The van der Waals surface area contributed by atoms with Crippen LogP contribution in [0.3, 0.4) is 0 Å². The largest absolute Gasteiger partial charge is 0.493 e. The minimum Gasteiger partial charge on any atom is -0.493 e. The molecule has 10 heteroatoms. The molecule has 1 aliphatic heterocycles. The number of nitrogens with two attached hydrogens (primary N) is 1. The average molecular weight is 477 g/mol. The number of thiazole rings is 1. The molecule has 1 aromatic heterocycles. The second kappa shape index (κ2) is 9.05. The molecule has 1 aliphatic rings. The number of amides is 1. The van der Waals surface area contributed by atoms with Crippen molar-refractivity contribution in [1.29, 1.82) is 0 Å². The number of hydrogen-bond donors (Lipinski definition) is 1. The fraction of sp³-hybridized carbons (Fsp3) is 0.273. The molecule has 168 valence electrons. The number of methoxy groups -OCH3 is 1. The minimum absolute atomic E-state index is 0.00501. The number of halogens is 2. The molecule has 1 saturated heterocycles. The second-order valence-electron chi connectivity index (χ2n) is 7.50. The first-order valence-corrected chi connectivity index (χ1v) is 11.5. The van der Waals surface area contributed by atoms with Gasteiger partial charge in [-0.25, -0.2) is 13.8 Å². The maximum Gasteiger partial charge on any atom is 0.235 e. The highest BCUT2D eigenvalue weighted by Crippen LogP contribution is 2.36. The fourth-order valence-electron chi connectivity index (χ4n) is 3.67. The Hall–Kier alpha value is -2.69. The number of aryl methyl sites for hydroxylation is 1. The second-order valence-corrected chi connectivity index (χ2v) is 9.38. The van der Waals surface area contributed by atoms with E-state index in [0.717, 1.165) is 33.6 Å². The van der Waals surface area contributed by atoms with Crippen LogP contribution in [0.1, 0.15) is 5.69 Å². The van der Waals surface area contributed by atoms with E-state index in [1.54, 1.807) is 24.1 Å². The van der Waals surface area contributed by atoms with Crippen molar-refractivity contribution < 1.29 is 18.3 Å².